The minimum Gasteiger partial charge on any atom is -0.491 e. The standard InChI is InChI=1S/C12H14N4O3/c1-8-4-2-3-5-9(8)18-7-6-14-12(17)10-11(13)16-19-15-10/h2-5H,6-7H2,1H3,(H2,13,16)(H,14,17). The summed E-state index contributed by atoms with van der Waals surface area (Å²) in [6.45, 7) is 2.64. The summed E-state index contributed by atoms with van der Waals surface area (Å²) in [6.07, 6.45) is 0. The van der Waals surface area contributed by atoms with E-state index in [1.165, 1.54) is 0 Å². The Balaban J connectivity index is 1.77. The normalized spacial score (nSPS) is 10.2. The maximum absolute atomic E-state index is 11.6. The van der Waals surface area contributed by atoms with E-state index < -0.39 is 5.91 Å². The lowest BCUT2D eigenvalue weighted by Crippen LogP contribution is -2.29. The molecule has 3 N–H and O–H groups in total. The number of carbonyl (C=O) groups excluding carboxylic acids is 1. The zero-order valence-corrected chi connectivity index (χ0v) is 10.4. The largest absolute Gasteiger partial charge is 0.491 e. The monoisotopic (exact) mass is 262 g/mol. The smallest absolute Gasteiger partial charge is 0.277 e. The third-order valence-corrected chi connectivity index (χ3v) is 2.47. The number of carbonyl (C=O) groups is 1. The number of para-hydroxylation sites is 1. The molecule has 1 amide bonds. The van der Waals surface area contributed by atoms with Crippen LogP contribution >= 0.6 is 0 Å². The summed E-state index contributed by atoms with van der Waals surface area (Å²) in [7, 11) is 0. The van der Waals surface area contributed by atoms with Gasteiger partial charge in [-0.3, -0.25) is 4.79 Å². The average Bonchev–Trinajstić information content (AvgIpc) is 2.82. The molecule has 0 unspecified atom stereocenters. The van der Waals surface area contributed by atoms with Crippen LogP contribution in [-0.2, 0) is 0 Å². The fourth-order valence-electron chi connectivity index (χ4n) is 1.48. The Hall–Kier alpha value is -2.57. The molecule has 2 rings (SSSR count). The van der Waals surface area contributed by atoms with E-state index in [1.807, 2.05) is 31.2 Å². The third-order valence-electron chi connectivity index (χ3n) is 2.47. The van der Waals surface area contributed by atoms with Gasteiger partial charge in [0.2, 0.25) is 11.5 Å². The van der Waals surface area contributed by atoms with Crippen LogP contribution in [0.5, 0.6) is 5.75 Å². The van der Waals surface area contributed by atoms with E-state index in [9.17, 15) is 4.79 Å². The molecule has 0 saturated carbocycles. The number of hydrogen-bond donors (Lipinski definition) is 2. The van der Waals surface area contributed by atoms with Crippen LogP contribution in [0.3, 0.4) is 0 Å². The maximum atomic E-state index is 11.6. The van der Waals surface area contributed by atoms with Crippen LogP contribution in [0.4, 0.5) is 5.82 Å². The van der Waals surface area contributed by atoms with Gasteiger partial charge >= 0.3 is 0 Å². The number of nitrogen functional groups attached to an aromatic ring is 1. The minimum absolute atomic E-state index is 0.0177. The molecule has 0 spiro atoms. The zero-order chi connectivity index (χ0) is 13.7. The first kappa shape index (κ1) is 12.9. The molecule has 1 aromatic heterocycles. The van der Waals surface area contributed by atoms with E-state index in [0.29, 0.717) is 13.2 Å². The SMILES string of the molecule is Cc1ccccc1OCCNC(=O)c1nonc1N. The Labute approximate surface area is 109 Å². The van der Waals surface area contributed by atoms with Crippen molar-refractivity contribution in [2.75, 3.05) is 18.9 Å². The average molecular weight is 262 g/mol. The second-order valence-corrected chi connectivity index (χ2v) is 3.87. The summed E-state index contributed by atoms with van der Waals surface area (Å²) in [5.74, 6) is 0.323. The summed E-state index contributed by atoms with van der Waals surface area (Å²) in [5, 5.41) is 9.34. The molecule has 1 aromatic carbocycles. The number of nitrogens with one attached hydrogen (secondary N) is 1. The van der Waals surface area contributed by atoms with Crippen LogP contribution in [0.1, 0.15) is 16.1 Å². The van der Waals surface area contributed by atoms with Gasteiger partial charge in [-0.05, 0) is 28.9 Å². The molecule has 0 aliphatic carbocycles. The summed E-state index contributed by atoms with van der Waals surface area (Å²) in [4.78, 5) is 11.6. The van der Waals surface area contributed by atoms with Gasteiger partial charge in [0.25, 0.3) is 5.91 Å². The van der Waals surface area contributed by atoms with Gasteiger partial charge in [-0.25, -0.2) is 4.63 Å². The van der Waals surface area contributed by atoms with Crippen molar-refractivity contribution in [3.05, 3.63) is 35.5 Å². The van der Waals surface area contributed by atoms with Crippen molar-refractivity contribution < 1.29 is 14.2 Å². The first-order valence-electron chi connectivity index (χ1n) is 5.73. The molecule has 7 nitrogen and oxygen atoms in total. The molecule has 0 aliphatic heterocycles. The highest BCUT2D eigenvalue weighted by Crippen LogP contribution is 2.15. The van der Waals surface area contributed by atoms with E-state index in [2.05, 4.69) is 20.3 Å². The molecule has 0 fully saturated rings. The Kier molecular flexibility index (Phi) is 3.97. The number of ether oxygens (including phenoxy) is 1. The second-order valence-electron chi connectivity index (χ2n) is 3.87. The number of benzene rings is 1. The number of anilines is 1. The lowest BCUT2D eigenvalue weighted by molar-refractivity contribution is 0.0937. The molecule has 0 aliphatic rings. The zero-order valence-electron chi connectivity index (χ0n) is 10.4. The van der Waals surface area contributed by atoms with E-state index >= 15 is 0 Å². The van der Waals surface area contributed by atoms with Gasteiger partial charge in [0, 0.05) is 0 Å². The molecular formula is C12H14N4O3. The molecule has 19 heavy (non-hydrogen) atoms. The number of hydrogen-bond acceptors (Lipinski definition) is 6. The number of rotatable bonds is 5. The van der Waals surface area contributed by atoms with E-state index in [4.69, 9.17) is 10.5 Å². The minimum atomic E-state index is -0.438. The van der Waals surface area contributed by atoms with Crippen LogP contribution in [0.2, 0.25) is 0 Å². The molecule has 100 valence electrons. The fourth-order valence-corrected chi connectivity index (χ4v) is 1.48. The van der Waals surface area contributed by atoms with Crippen molar-refractivity contribution in [2.45, 2.75) is 6.92 Å². The highest BCUT2D eigenvalue weighted by Gasteiger charge is 2.14. The van der Waals surface area contributed by atoms with Crippen LogP contribution in [-0.4, -0.2) is 29.4 Å². The topological polar surface area (TPSA) is 103 Å². The number of aromatic nitrogens is 2. The predicted molar refractivity (Wildman–Crippen MR) is 67.7 cm³/mol. The van der Waals surface area contributed by atoms with Crippen molar-refractivity contribution in [1.82, 2.24) is 15.6 Å². The molecule has 0 bridgehead atoms. The van der Waals surface area contributed by atoms with Gasteiger partial charge in [-0.2, -0.15) is 0 Å². The molecular weight excluding hydrogens is 248 g/mol. The van der Waals surface area contributed by atoms with Gasteiger partial charge in [-0.15, -0.1) is 0 Å². The van der Waals surface area contributed by atoms with E-state index in [-0.39, 0.29) is 11.5 Å². The quantitative estimate of drug-likeness (QED) is 0.771. The van der Waals surface area contributed by atoms with Gasteiger partial charge in [0.1, 0.15) is 12.4 Å². The van der Waals surface area contributed by atoms with Crippen LogP contribution in [0.25, 0.3) is 0 Å². The Morgan fingerprint density at radius 2 is 2.21 bits per heavy atom. The van der Waals surface area contributed by atoms with Crippen LogP contribution < -0.4 is 15.8 Å². The van der Waals surface area contributed by atoms with Gasteiger partial charge in [0.05, 0.1) is 6.54 Å². The van der Waals surface area contributed by atoms with Crippen molar-refractivity contribution in [3.8, 4) is 5.75 Å². The lowest BCUT2D eigenvalue weighted by Gasteiger charge is -2.08. The van der Waals surface area contributed by atoms with Gasteiger partial charge in [-0.1, -0.05) is 18.2 Å². The predicted octanol–water partition coefficient (Wildman–Crippen LogP) is 0.769. The molecule has 1 heterocycles. The number of nitrogens with two attached hydrogens (primary N) is 1. The van der Waals surface area contributed by atoms with Gasteiger partial charge < -0.3 is 15.8 Å². The first-order chi connectivity index (χ1) is 9.18. The van der Waals surface area contributed by atoms with E-state index in [0.717, 1.165) is 11.3 Å². The number of aryl methyl sites for hydroxylation is 1. The lowest BCUT2D eigenvalue weighted by atomic mass is 10.2. The summed E-state index contributed by atoms with van der Waals surface area (Å²) < 4.78 is 9.87. The van der Waals surface area contributed by atoms with Crippen LogP contribution in [0.15, 0.2) is 28.9 Å². The third kappa shape index (κ3) is 3.21. The molecule has 0 atom stereocenters. The Morgan fingerprint density at radius 1 is 1.42 bits per heavy atom. The highest BCUT2D eigenvalue weighted by atomic mass is 16.6. The second kappa shape index (κ2) is 5.85. The molecule has 0 radical (unpaired) electrons. The summed E-state index contributed by atoms with van der Waals surface area (Å²) in [5.41, 5.74) is 6.42. The summed E-state index contributed by atoms with van der Waals surface area (Å²) >= 11 is 0. The number of amides is 1. The van der Waals surface area contributed by atoms with Crippen LogP contribution in [0, 0.1) is 6.92 Å². The van der Waals surface area contributed by atoms with Crippen molar-refractivity contribution in [2.24, 2.45) is 0 Å². The first-order valence-corrected chi connectivity index (χ1v) is 5.73. The summed E-state index contributed by atoms with van der Waals surface area (Å²) in [6, 6.07) is 7.65. The molecule has 2 aromatic rings. The molecule has 7 heteroatoms. The highest BCUT2D eigenvalue weighted by molar-refractivity contribution is 5.95. The van der Waals surface area contributed by atoms with Crippen molar-refractivity contribution >= 4 is 11.7 Å². The van der Waals surface area contributed by atoms with Crippen molar-refractivity contribution in [1.29, 1.82) is 0 Å². The Morgan fingerprint density at radius 3 is 2.89 bits per heavy atom. The maximum Gasteiger partial charge on any atom is 0.277 e. The Bertz CT molecular complexity index is 568. The number of nitrogens with zero attached hydrogens (tertiary/aromatic N) is 2. The fraction of sp³-hybridized carbons (Fsp3) is 0.250. The van der Waals surface area contributed by atoms with Gasteiger partial charge in [0.15, 0.2) is 0 Å². The van der Waals surface area contributed by atoms with Crippen molar-refractivity contribution in [3.63, 3.8) is 0 Å². The van der Waals surface area contributed by atoms with E-state index in [1.54, 1.807) is 0 Å². The molecule has 0 saturated heterocycles.